The first-order valence-corrected chi connectivity index (χ1v) is 8.15. The monoisotopic (exact) mass is 514 g/mol. The zero-order chi connectivity index (χ0) is 22.9. The van der Waals surface area contributed by atoms with Gasteiger partial charge in [0.05, 0.1) is 0 Å². The van der Waals surface area contributed by atoms with Crippen LogP contribution in [0.2, 0.25) is 0 Å². The molecule has 0 atom stereocenters. The Bertz CT molecular complexity index is 974. The molecule has 0 spiro atoms. The van der Waals surface area contributed by atoms with Crippen molar-refractivity contribution in [2.45, 2.75) is 6.92 Å². The molecule has 0 amide bonds. The van der Waals surface area contributed by atoms with Gasteiger partial charge in [-0.05, 0) is 24.3 Å². The number of carboxylic acids is 1. The van der Waals surface area contributed by atoms with Gasteiger partial charge < -0.3 is 15.3 Å². The van der Waals surface area contributed by atoms with E-state index in [2.05, 4.69) is 21.2 Å². The molecule has 2 aromatic heterocycles. The van der Waals surface area contributed by atoms with Gasteiger partial charge in [-0.15, -0.1) is 0 Å². The Balaban J connectivity index is 0. The second kappa shape index (κ2) is 17.0. The van der Waals surface area contributed by atoms with Crippen LogP contribution in [0, 0.1) is 21.0 Å². The third kappa shape index (κ3) is 10.5. The molecule has 4 aromatic rings. The summed E-state index contributed by atoms with van der Waals surface area (Å²) in [4.78, 5) is 32.1. The van der Waals surface area contributed by atoms with Crippen LogP contribution in [0.15, 0.2) is 73.1 Å². The largest absolute Gasteiger partial charge is 2.00 e. The van der Waals surface area contributed by atoms with Gasteiger partial charge in [-0.2, -0.15) is 9.81 Å². The van der Waals surface area contributed by atoms with E-state index in [1.54, 1.807) is 36.7 Å². The summed E-state index contributed by atoms with van der Waals surface area (Å²) in [6.07, 6.45) is 3.34. The number of phenolic OH excluding ortho intramolecular Hbond substituents is 2. The van der Waals surface area contributed by atoms with E-state index in [9.17, 15) is 10.2 Å². The maximum absolute atomic E-state index is 9.31. The number of para-hydroxylation sites is 2. The smallest absolute Gasteiger partial charge is 0.506 e. The molecule has 0 saturated heterocycles. The number of aromatic hydroxyl groups is 2. The van der Waals surface area contributed by atoms with Crippen LogP contribution in [0.25, 0.3) is 21.8 Å². The molecule has 0 bridgehead atoms. The molecule has 162 valence electrons. The number of aromatic nitrogens is 2. The van der Waals surface area contributed by atoms with Gasteiger partial charge >= 0.3 is 19.5 Å². The van der Waals surface area contributed by atoms with Crippen molar-refractivity contribution in [3.8, 4) is 11.5 Å². The number of phenols is 2. The topological polar surface area (TPSA) is 185 Å². The minimum atomic E-state index is -0.833. The third-order valence-electron chi connectivity index (χ3n) is 3.22. The number of hydrogen-bond acceptors (Lipinski definition) is 9. The Kier molecular flexibility index (Phi) is 16.1. The summed E-state index contributed by atoms with van der Waals surface area (Å²) in [5, 5.41) is 28.0. The van der Waals surface area contributed by atoms with Crippen LogP contribution in [0.5, 0.6) is 11.5 Å². The van der Waals surface area contributed by atoms with Gasteiger partial charge in [0.2, 0.25) is 0 Å². The quantitative estimate of drug-likeness (QED) is 0.166. The van der Waals surface area contributed by atoms with E-state index in [0.717, 1.165) is 17.7 Å². The zero-order valence-electron chi connectivity index (χ0n) is 16.2. The summed E-state index contributed by atoms with van der Waals surface area (Å²) >= 11 is 0. The molecule has 11 heteroatoms. The van der Waals surface area contributed by atoms with Crippen LogP contribution < -0.4 is 0 Å². The predicted octanol–water partition coefficient (Wildman–Crippen LogP) is 4.63. The second-order valence-electron chi connectivity index (χ2n) is 5.22. The summed E-state index contributed by atoms with van der Waals surface area (Å²) in [6.45, 7) is 1.08. The van der Waals surface area contributed by atoms with E-state index < -0.39 is 5.97 Å². The standard InChI is InChI=1S/2C9H7NO.C2H4O2.2HNO.Ru/c2*11-8-5-1-3-7-4-2-6-10-9(7)8;1-2(3)4;2*1-2;/h2*1-6,11H;1H3,(H,3,4);2*1H;/q;;;;;+2. The summed E-state index contributed by atoms with van der Waals surface area (Å²) in [7, 11) is 0. The van der Waals surface area contributed by atoms with Crippen molar-refractivity contribution in [1.82, 2.24) is 9.97 Å². The molecule has 2 aromatic carbocycles. The molecule has 0 aliphatic rings. The maximum atomic E-state index is 9.31. The molecule has 5 N–H and O–H groups in total. The average molecular weight is 513 g/mol. The number of benzene rings is 2. The van der Waals surface area contributed by atoms with E-state index in [1.165, 1.54) is 0 Å². The molecule has 10 nitrogen and oxygen atoms in total. The predicted molar refractivity (Wildman–Crippen MR) is 112 cm³/mol. The van der Waals surface area contributed by atoms with Crippen molar-refractivity contribution in [2.75, 3.05) is 0 Å². The Hall–Kier alpha value is -3.85. The van der Waals surface area contributed by atoms with Crippen LogP contribution in [0.4, 0.5) is 0 Å². The summed E-state index contributed by atoms with van der Waals surface area (Å²) in [5.41, 5.74) is 10.3. The number of rotatable bonds is 0. The number of aliphatic carboxylic acids is 1. The molecule has 0 aliphatic carbocycles. The van der Waals surface area contributed by atoms with Crippen molar-refractivity contribution >= 4 is 27.8 Å². The molecule has 2 heterocycles. The molecule has 0 fully saturated rings. The third-order valence-corrected chi connectivity index (χ3v) is 3.22. The average Bonchev–Trinajstić information content (AvgIpc) is 2.78. The van der Waals surface area contributed by atoms with Crippen molar-refractivity contribution in [1.29, 1.82) is 11.2 Å². The molecular formula is C20H20N4O6Ru+2. The summed E-state index contributed by atoms with van der Waals surface area (Å²) in [5.74, 6) is -0.355. The van der Waals surface area contributed by atoms with Crippen molar-refractivity contribution in [3.05, 3.63) is 82.9 Å². The molecule has 0 radical (unpaired) electrons. The van der Waals surface area contributed by atoms with E-state index in [-0.39, 0.29) is 31.0 Å². The van der Waals surface area contributed by atoms with Gasteiger partial charge in [-0.1, -0.05) is 47.6 Å². The Labute approximate surface area is 189 Å². The molecule has 0 unspecified atom stereocenters. The van der Waals surface area contributed by atoms with E-state index >= 15 is 0 Å². The first-order valence-electron chi connectivity index (χ1n) is 8.15. The summed E-state index contributed by atoms with van der Waals surface area (Å²) in [6, 6.07) is 18.3. The van der Waals surface area contributed by atoms with E-state index in [1.807, 2.05) is 36.4 Å². The Morgan fingerprint density at radius 2 is 1.00 bits per heavy atom. The fourth-order valence-electron chi connectivity index (χ4n) is 2.18. The van der Waals surface area contributed by atoms with Crippen molar-refractivity contribution in [3.63, 3.8) is 0 Å². The molecule has 31 heavy (non-hydrogen) atoms. The molecular weight excluding hydrogens is 493 g/mol. The number of hydrogen-bond donors (Lipinski definition) is 5. The molecule has 0 aliphatic heterocycles. The van der Waals surface area contributed by atoms with Crippen LogP contribution in [0.3, 0.4) is 0 Å². The van der Waals surface area contributed by atoms with Crippen LogP contribution in [-0.4, -0.2) is 31.3 Å². The Morgan fingerprint density at radius 1 is 0.710 bits per heavy atom. The van der Waals surface area contributed by atoms with E-state index in [4.69, 9.17) is 19.7 Å². The fraction of sp³-hybridized carbons (Fsp3) is 0.0500. The first kappa shape index (κ1) is 29.4. The van der Waals surface area contributed by atoms with Gasteiger partial charge in [0.15, 0.2) is 0 Å². The molecule has 0 saturated carbocycles. The van der Waals surface area contributed by atoms with Gasteiger partial charge in [-0.25, -0.2) is 0 Å². The number of carbonyl (C=O) groups is 1. The Morgan fingerprint density at radius 3 is 1.29 bits per heavy atom. The number of nitrogens with one attached hydrogen (secondary N) is 2. The van der Waals surface area contributed by atoms with E-state index in [0.29, 0.717) is 11.0 Å². The minimum absolute atomic E-state index is 0. The van der Waals surface area contributed by atoms with Gasteiger partial charge in [0.1, 0.15) is 22.5 Å². The number of fused-ring (bicyclic) bond motifs is 2. The SMILES string of the molecule is CC(=O)O.N=O.N=O.Oc1cccc2cccnc12.Oc1cccc2cccnc12.[Ru+2]. The number of nitroso groups, excluding NO2 is 2. The zero-order valence-corrected chi connectivity index (χ0v) is 18.0. The number of pyridine rings is 2. The van der Waals surface area contributed by atoms with Crippen LogP contribution in [-0.2, 0) is 24.3 Å². The van der Waals surface area contributed by atoms with Gasteiger partial charge in [0, 0.05) is 30.1 Å². The number of nitrogens with zero attached hydrogens (tertiary/aromatic N) is 2. The second-order valence-corrected chi connectivity index (χ2v) is 5.22. The van der Waals surface area contributed by atoms with Gasteiger partial charge in [-0.3, -0.25) is 14.8 Å². The normalized spacial score (nSPS) is 8.29. The van der Waals surface area contributed by atoms with Crippen LogP contribution >= 0.6 is 0 Å². The minimum Gasteiger partial charge on any atom is -0.506 e. The van der Waals surface area contributed by atoms with Crippen LogP contribution in [0.1, 0.15) is 6.92 Å². The molecule has 4 rings (SSSR count). The van der Waals surface area contributed by atoms with Crippen molar-refractivity contribution < 1.29 is 39.6 Å². The van der Waals surface area contributed by atoms with Gasteiger partial charge in [0.25, 0.3) is 5.97 Å². The first-order chi connectivity index (χ1) is 14.5. The number of carboxylic acid groups (broad SMARTS) is 1. The van der Waals surface area contributed by atoms with Crippen molar-refractivity contribution in [2.24, 2.45) is 0 Å². The maximum Gasteiger partial charge on any atom is 2.00 e. The summed E-state index contributed by atoms with van der Waals surface area (Å²) < 4.78 is 0. The fourth-order valence-corrected chi connectivity index (χ4v) is 2.18.